The van der Waals surface area contributed by atoms with Gasteiger partial charge < -0.3 is 9.84 Å². The Balaban J connectivity index is 1.66. The summed E-state index contributed by atoms with van der Waals surface area (Å²) in [5, 5.41) is 10.3. The van der Waals surface area contributed by atoms with Crippen LogP contribution < -0.4 is 4.74 Å². The van der Waals surface area contributed by atoms with E-state index in [1.54, 1.807) is 6.20 Å². The van der Waals surface area contributed by atoms with Gasteiger partial charge in [-0.25, -0.2) is 0 Å². The molecule has 0 fully saturated rings. The number of nitrogens with zero attached hydrogens (tertiary/aromatic N) is 1. The van der Waals surface area contributed by atoms with Crippen LogP contribution >= 0.6 is 0 Å². The molecule has 0 saturated carbocycles. The van der Waals surface area contributed by atoms with Crippen molar-refractivity contribution in [1.82, 2.24) is 4.98 Å². The topological polar surface area (TPSA) is 42.4 Å². The first kappa shape index (κ1) is 13.1. The van der Waals surface area contributed by atoms with E-state index in [1.165, 1.54) is 11.1 Å². The van der Waals surface area contributed by atoms with Crippen molar-refractivity contribution in [3.8, 4) is 5.75 Å². The Morgan fingerprint density at radius 1 is 1.35 bits per heavy atom. The van der Waals surface area contributed by atoms with E-state index in [9.17, 15) is 5.11 Å². The second-order valence-corrected chi connectivity index (χ2v) is 5.27. The first-order chi connectivity index (χ1) is 9.74. The van der Waals surface area contributed by atoms with Gasteiger partial charge in [0.15, 0.2) is 0 Å². The van der Waals surface area contributed by atoms with Crippen molar-refractivity contribution in [1.29, 1.82) is 0 Å². The fraction of sp³-hybridized carbons (Fsp3) is 0.353. The number of aliphatic hydroxyl groups is 1. The Morgan fingerprint density at radius 3 is 3.10 bits per heavy atom. The van der Waals surface area contributed by atoms with E-state index < -0.39 is 6.10 Å². The van der Waals surface area contributed by atoms with Crippen LogP contribution in [-0.4, -0.2) is 16.7 Å². The molecule has 1 unspecified atom stereocenters. The Bertz CT molecular complexity index is 610. The molecule has 1 aliphatic heterocycles. The third-order valence-corrected chi connectivity index (χ3v) is 3.87. The zero-order valence-corrected chi connectivity index (χ0v) is 11.7. The lowest BCUT2D eigenvalue weighted by atomic mass is 9.99. The van der Waals surface area contributed by atoms with Crippen LogP contribution in [0, 0.1) is 6.92 Å². The highest BCUT2D eigenvalue weighted by Crippen LogP contribution is 2.27. The van der Waals surface area contributed by atoms with E-state index in [2.05, 4.69) is 17.1 Å². The molecular formula is C17H19NO2. The number of rotatable bonds is 4. The fourth-order valence-corrected chi connectivity index (χ4v) is 2.70. The zero-order chi connectivity index (χ0) is 13.9. The van der Waals surface area contributed by atoms with Crippen molar-refractivity contribution in [3.63, 3.8) is 0 Å². The number of aryl methyl sites for hydroxylation is 2. The highest BCUT2D eigenvalue weighted by atomic mass is 16.5. The standard InChI is InChI=1S/C17H19NO2/c1-12-15(3-2-9-18-12)16(19)6-4-13-5-7-17-14(11-13)8-10-20-17/h2-3,5,7,9,11,16,19H,4,6,8,10H2,1H3. The van der Waals surface area contributed by atoms with Gasteiger partial charge in [0.25, 0.3) is 0 Å². The predicted octanol–water partition coefficient (Wildman–Crippen LogP) is 2.99. The summed E-state index contributed by atoms with van der Waals surface area (Å²) in [7, 11) is 0. The van der Waals surface area contributed by atoms with Gasteiger partial charge in [0.05, 0.1) is 12.7 Å². The van der Waals surface area contributed by atoms with Crippen molar-refractivity contribution in [2.75, 3.05) is 6.61 Å². The first-order valence-corrected chi connectivity index (χ1v) is 7.08. The molecule has 0 spiro atoms. The number of aliphatic hydroxyl groups excluding tert-OH is 1. The minimum Gasteiger partial charge on any atom is -0.493 e. The fourth-order valence-electron chi connectivity index (χ4n) is 2.70. The average molecular weight is 269 g/mol. The quantitative estimate of drug-likeness (QED) is 0.927. The molecule has 2 heterocycles. The molecule has 3 rings (SSSR count). The van der Waals surface area contributed by atoms with Crippen LogP contribution in [0.3, 0.4) is 0 Å². The molecule has 1 aliphatic rings. The Kier molecular flexibility index (Phi) is 3.70. The minimum absolute atomic E-state index is 0.451. The third kappa shape index (κ3) is 2.68. The molecule has 0 radical (unpaired) electrons. The highest BCUT2D eigenvalue weighted by Gasteiger charge is 2.14. The molecular weight excluding hydrogens is 250 g/mol. The molecule has 0 bridgehead atoms. The smallest absolute Gasteiger partial charge is 0.122 e. The van der Waals surface area contributed by atoms with Crippen molar-refractivity contribution in [2.24, 2.45) is 0 Å². The van der Waals surface area contributed by atoms with Gasteiger partial charge in [-0.05, 0) is 43.0 Å². The van der Waals surface area contributed by atoms with E-state index >= 15 is 0 Å². The summed E-state index contributed by atoms with van der Waals surface area (Å²) >= 11 is 0. The van der Waals surface area contributed by atoms with Gasteiger partial charge in [-0.15, -0.1) is 0 Å². The highest BCUT2D eigenvalue weighted by molar-refractivity contribution is 5.39. The second kappa shape index (κ2) is 5.63. The van der Waals surface area contributed by atoms with Crippen LogP contribution in [0.5, 0.6) is 5.75 Å². The summed E-state index contributed by atoms with van der Waals surface area (Å²) < 4.78 is 5.51. The van der Waals surface area contributed by atoms with Gasteiger partial charge >= 0.3 is 0 Å². The number of benzene rings is 1. The lowest BCUT2D eigenvalue weighted by Gasteiger charge is -2.13. The lowest BCUT2D eigenvalue weighted by Crippen LogP contribution is -2.03. The van der Waals surface area contributed by atoms with Gasteiger partial charge in [0, 0.05) is 23.9 Å². The molecule has 1 aromatic heterocycles. The molecule has 2 aromatic rings. The van der Waals surface area contributed by atoms with Crippen LogP contribution in [0.15, 0.2) is 36.5 Å². The number of fused-ring (bicyclic) bond motifs is 1. The van der Waals surface area contributed by atoms with E-state index in [-0.39, 0.29) is 0 Å². The van der Waals surface area contributed by atoms with Crippen LogP contribution in [-0.2, 0) is 12.8 Å². The maximum Gasteiger partial charge on any atom is 0.122 e. The molecule has 3 nitrogen and oxygen atoms in total. The normalized spacial score (nSPS) is 14.7. The molecule has 0 saturated heterocycles. The van der Waals surface area contributed by atoms with Crippen LogP contribution in [0.4, 0.5) is 0 Å². The number of aromatic nitrogens is 1. The second-order valence-electron chi connectivity index (χ2n) is 5.27. The van der Waals surface area contributed by atoms with Crippen LogP contribution in [0.1, 0.15) is 34.9 Å². The van der Waals surface area contributed by atoms with Gasteiger partial charge in [-0.3, -0.25) is 4.98 Å². The monoisotopic (exact) mass is 269 g/mol. The summed E-state index contributed by atoms with van der Waals surface area (Å²) in [4.78, 5) is 4.23. The molecule has 1 N–H and O–H groups in total. The Hall–Kier alpha value is -1.87. The summed E-state index contributed by atoms with van der Waals surface area (Å²) in [5.74, 6) is 1.01. The van der Waals surface area contributed by atoms with Gasteiger partial charge in [-0.2, -0.15) is 0 Å². The van der Waals surface area contributed by atoms with E-state index in [0.29, 0.717) is 6.42 Å². The van der Waals surface area contributed by atoms with Crippen molar-refractivity contribution in [2.45, 2.75) is 32.3 Å². The minimum atomic E-state index is -0.451. The predicted molar refractivity (Wildman–Crippen MR) is 77.9 cm³/mol. The van der Waals surface area contributed by atoms with E-state index in [1.807, 2.05) is 25.1 Å². The number of hydrogen-bond acceptors (Lipinski definition) is 3. The summed E-state index contributed by atoms with van der Waals surface area (Å²) in [6.45, 7) is 2.72. The maximum atomic E-state index is 10.3. The van der Waals surface area contributed by atoms with Crippen LogP contribution in [0.2, 0.25) is 0 Å². The zero-order valence-electron chi connectivity index (χ0n) is 11.7. The summed E-state index contributed by atoms with van der Waals surface area (Å²) in [5.41, 5.74) is 4.38. The maximum absolute atomic E-state index is 10.3. The van der Waals surface area contributed by atoms with Gasteiger partial charge in [0.2, 0.25) is 0 Å². The number of hydrogen-bond donors (Lipinski definition) is 1. The largest absolute Gasteiger partial charge is 0.493 e. The first-order valence-electron chi connectivity index (χ1n) is 7.08. The lowest BCUT2D eigenvalue weighted by molar-refractivity contribution is 0.166. The van der Waals surface area contributed by atoms with Gasteiger partial charge in [-0.1, -0.05) is 18.2 Å². The number of pyridine rings is 1. The molecule has 1 atom stereocenters. The van der Waals surface area contributed by atoms with Crippen LogP contribution in [0.25, 0.3) is 0 Å². The Morgan fingerprint density at radius 2 is 2.25 bits per heavy atom. The molecule has 3 heteroatoms. The summed E-state index contributed by atoms with van der Waals surface area (Å²) in [6.07, 6.45) is 3.88. The molecule has 0 amide bonds. The third-order valence-electron chi connectivity index (χ3n) is 3.87. The van der Waals surface area contributed by atoms with E-state index in [0.717, 1.165) is 36.5 Å². The summed E-state index contributed by atoms with van der Waals surface area (Å²) in [6, 6.07) is 10.2. The van der Waals surface area contributed by atoms with Crippen molar-refractivity contribution < 1.29 is 9.84 Å². The van der Waals surface area contributed by atoms with Crippen molar-refractivity contribution in [3.05, 3.63) is 58.9 Å². The average Bonchev–Trinajstić information content (AvgIpc) is 2.92. The Labute approximate surface area is 119 Å². The van der Waals surface area contributed by atoms with E-state index in [4.69, 9.17) is 4.74 Å². The molecule has 0 aliphatic carbocycles. The van der Waals surface area contributed by atoms with Crippen molar-refractivity contribution >= 4 is 0 Å². The molecule has 1 aromatic carbocycles. The van der Waals surface area contributed by atoms with Gasteiger partial charge in [0.1, 0.15) is 5.75 Å². The molecule has 20 heavy (non-hydrogen) atoms. The SMILES string of the molecule is Cc1ncccc1C(O)CCc1ccc2c(c1)CCO2. The molecule has 104 valence electrons. The number of ether oxygens (including phenoxy) is 1.